The van der Waals surface area contributed by atoms with Gasteiger partial charge in [0.25, 0.3) is 0 Å². The number of amides is 2. The number of esters is 1. The van der Waals surface area contributed by atoms with Gasteiger partial charge in [0.1, 0.15) is 25.3 Å². The van der Waals surface area contributed by atoms with E-state index in [-0.39, 0.29) is 26.1 Å². The summed E-state index contributed by atoms with van der Waals surface area (Å²) in [6.07, 6.45) is -1.15. The highest BCUT2D eigenvalue weighted by Gasteiger charge is 2.25. The van der Waals surface area contributed by atoms with Crippen molar-refractivity contribution in [2.45, 2.75) is 45.1 Å². The lowest BCUT2D eigenvalue weighted by Gasteiger charge is -2.18. The van der Waals surface area contributed by atoms with Gasteiger partial charge in [0, 0.05) is 6.42 Å². The van der Waals surface area contributed by atoms with E-state index in [1.165, 1.54) is 6.92 Å². The monoisotopic (exact) mass is 442 g/mol. The van der Waals surface area contributed by atoms with Crippen molar-refractivity contribution < 1.29 is 33.8 Å². The van der Waals surface area contributed by atoms with Gasteiger partial charge in [-0.1, -0.05) is 60.7 Å². The molecule has 0 aliphatic rings. The fraction of sp³-hybridized carbons (Fsp3) is 0.304. The number of nitrogens with one attached hydrogen (secondary N) is 2. The number of carbonyl (C=O) groups excluding carboxylic acids is 3. The maximum absolute atomic E-state index is 12.3. The summed E-state index contributed by atoms with van der Waals surface area (Å²) in [5.74, 6) is -2.59. The van der Waals surface area contributed by atoms with Crippen LogP contribution >= 0.6 is 0 Å². The second-order valence-corrected chi connectivity index (χ2v) is 7.01. The second kappa shape index (κ2) is 12.7. The van der Waals surface area contributed by atoms with Gasteiger partial charge in [-0.15, -0.1) is 0 Å². The van der Waals surface area contributed by atoms with Gasteiger partial charge in [-0.3, -0.25) is 9.59 Å². The van der Waals surface area contributed by atoms with Gasteiger partial charge in [-0.25, -0.2) is 9.59 Å². The Labute approximate surface area is 185 Å². The minimum absolute atomic E-state index is 0.0316. The zero-order valence-electron chi connectivity index (χ0n) is 17.7. The third kappa shape index (κ3) is 8.86. The molecule has 9 nitrogen and oxygen atoms in total. The lowest BCUT2D eigenvalue weighted by molar-refractivity contribution is -0.146. The number of carboxylic acid groups (broad SMARTS) is 1. The summed E-state index contributed by atoms with van der Waals surface area (Å²) >= 11 is 0. The Hall–Kier alpha value is -3.88. The molecule has 0 spiro atoms. The number of aliphatic carboxylic acids is 1. The van der Waals surface area contributed by atoms with Crippen molar-refractivity contribution in [2.24, 2.45) is 0 Å². The molecule has 0 heterocycles. The average molecular weight is 442 g/mol. The quantitative estimate of drug-likeness (QED) is 0.455. The fourth-order valence-electron chi connectivity index (χ4n) is 2.63. The highest BCUT2D eigenvalue weighted by atomic mass is 16.5. The number of benzene rings is 2. The molecule has 2 aromatic carbocycles. The van der Waals surface area contributed by atoms with Gasteiger partial charge in [0.2, 0.25) is 5.91 Å². The van der Waals surface area contributed by atoms with Crippen molar-refractivity contribution >= 4 is 23.9 Å². The van der Waals surface area contributed by atoms with Crippen LogP contribution in [0, 0.1) is 0 Å². The van der Waals surface area contributed by atoms with Gasteiger partial charge in [-0.05, 0) is 24.5 Å². The molecule has 2 rings (SSSR count). The number of carbonyl (C=O) groups is 4. The number of rotatable bonds is 11. The van der Waals surface area contributed by atoms with Crippen LogP contribution in [0.2, 0.25) is 0 Å². The smallest absolute Gasteiger partial charge is 0.408 e. The first kappa shape index (κ1) is 24.4. The van der Waals surface area contributed by atoms with Crippen LogP contribution in [0.5, 0.6) is 0 Å². The van der Waals surface area contributed by atoms with Crippen LogP contribution in [0.25, 0.3) is 0 Å². The Morgan fingerprint density at radius 1 is 0.844 bits per heavy atom. The van der Waals surface area contributed by atoms with Gasteiger partial charge in [0.05, 0.1) is 0 Å². The molecule has 0 aromatic heterocycles. The third-order valence-electron chi connectivity index (χ3n) is 4.43. The van der Waals surface area contributed by atoms with E-state index in [0.29, 0.717) is 0 Å². The average Bonchev–Trinajstić information content (AvgIpc) is 2.80. The first-order valence-corrected chi connectivity index (χ1v) is 10.0. The molecule has 32 heavy (non-hydrogen) atoms. The standard InChI is InChI=1S/C23H26N2O7/c1-16(24-23(30)32-15-18-10-6-3-7-11-18)21(27)25-19(22(28)29)12-13-20(26)31-14-17-8-4-2-5-9-17/h2-11,16,19H,12-15H2,1H3,(H,24,30)(H,25,27)(H,28,29)/t16?,19-/m0/s1. The summed E-state index contributed by atoms with van der Waals surface area (Å²) in [7, 11) is 0. The lowest BCUT2D eigenvalue weighted by Crippen LogP contribution is -2.50. The van der Waals surface area contributed by atoms with Crippen LogP contribution < -0.4 is 10.6 Å². The zero-order valence-corrected chi connectivity index (χ0v) is 17.7. The number of carboxylic acids is 1. The highest BCUT2D eigenvalue weighted by Crippen LogP contribution is 2.05. The second-order valence-electron chi connectivity index (χ2n) is 7.01. The summed E-state index contributed by atoms with van der Waals surface area (Å²) in [4.78, 5) is 47.5. The molecule has 0 bridgehead atoms. The van der Waals surface area contributed by atoms with Gasteiger partial charge < -0.3 is 25.2 Å². The van der Waals surface area contributed by atoms with Crippen LogP contribution in [-0.2, 0) is 37.1 Å². The molecule has 2 amide bonds. The normalized spacial score (nSPS) is 12.2. The first-order valence-electron chi connectivity index (χ1n) is 10.0. The van der Waals surface area contributed by atoms with Crippen LogP contribution in [0.4, 0.5) is 4.79 Å². The van der Waals surface area contributed by atoms with Crippen molar-refractivity contribution in [3.63, 3.8) is 0 Å². The van der Waals surface area contributed by atoms with Crippen molar-refractivity contribution in [3.05, 3.63) is 71.8 Å². The molecule has 0 saturated heterocycles. The van der Waals surface area contributed by atoms with E-state index in [2.05, 4.69) is 10.6 Å². The highest BCUT2D eigenvalue weighted by molar-refractivity contribution is 5.89. The number of ether oxygens (including phenoxy) is 2. The Balaban J connectivity index is 1.74. The first-order chi connectivity index (χ1) is 15.3. The maximum Gasteiger partial charge on any atom is 0.408 e. The van der Waals surface area contributed by atoms with Crippen molar-refractivity contribution in [2.75, 3.05) is 0 Å². The molecule has 170 valence electrons. The fourth-order valence-corrected chi connectivity index (χ4v) is 2.63. The molecular weight excluding hydrogens is 416 g/mol. The molecular formula is C23H26N2O7. The molecule has 0 saturated carbocycles. The predicted octanol–water partition coefficient (Wildman–Crippen LogP) is 2.39. The van der Waals surface area contributed by atoms with E-state index in [1.54, 1.807) is 36.4 Å². The third-order valence-corrected chi connectivity index (χ3v) is 4.43. The molecule has 2 atom stereocenters. The Morgan fingerprint density at radius 3 is 1.91 bits per heavy atom. The van der Waals surface area contributed by atoms with Crippen molar-refractivity contribution in [1.29, 1.82) is 0 Å². The van der Waals surface area contributed by atoms with Crippen LogP contribution in [0.1, 0.15) is 30.9 Å². The van der Waals surface area contributed by atoms with Crippen LogP contribution in [-0.4, -0.2) is 41.1 Å². The van der Waals surface area contributed by atoms with E-state index < -0.39 is 36.0 Å². The summed E-state index contributed by atoms with van der Waals surface area (Å²) in [5.41, 5.74) is 1.59. The number of hydrogen-bond donors (Lipinski definition) is 3. The molecule has 1 unspecified atom stereocenters. The molecule has 2 aromatic rings. The Kier molecular flexibility index (Phi) is 9.70. The van der Waals surface area contributed by atoms with E-state index >= 15 is 0 Å². The molecule has 0 aliphatic carbocycles. The summed E-state index contributed by atoms with van der Waals surface area (Å²) < 4.78 is 10.1. The van der Waals surface area contributed by atoms with Gasteiger partial charge >= 0.3 is 18.0 Å². The van der Waals surface area contributed by atoms with Crippen LogP contribution in [0.3, 0.4) is 0 Å². The summed E-state index contributed by atoms with van der Waals surface area (Å²) in [5, 5.41) is 14.0. The van der Waals surface area contributed by atoms with Gasteiger partial charge in [-0.2, -0.15) is 0 Å². The van der Waals surface area contributed by atoms with E-state index in [9.17, 15) is 24.3 Å². The Bertz CT molecular complexity index is 903. The molecule has 9 heteroatoms. The van der Waals surface area contributed by atoms with E-state index in [0.717, 1.165) is 11.1 Å². The van der Waals surface area contributed by atoms with E-state index in [1.807, 2.05) is 24.3 Å². The topological polar surface area (TPSA) is 131 Å². The number of hydrogen-bond acceptors (Lipinski definition) is 6. The molecule has 0 fully saturated rings. The summed E-state index contributed by atoms with van der Waals surface area (Å²) in [6.45, 7) is 1.51. The van der Waals surface area contributed by atoms with Gasteiger partial charge in [0.15, 0.2) is 0 Å². The van der Waals surface area contributed by atoms with Crippen molar-refractivity contribution in [1.82, 2.24) is 10.6 Å². The largest absolute Gasteiger partial charge is 0.480 e. The summed E-state index contributed by atoms with van der Waals surface area (Å²) in [6, 6.07) is 15.7. The van der Waals surface area contributed by atoms with E-state index in [4.69, 9.17) is 9.47 Å². The zero-order chi connectivity index (χ0) is 23.3. The Morgan fingerprint density at radius 2 is 1.38 bits per heavy atom. The number of alkyl carbamates (subject to hydrolysis) is 1. The molecule has 3 N–H and O–H groups in total. The van der Waals surface area contributed by atoms with Crippen molar-refractivity contribution in [3.8, 4) is 0 Å². The lowest BCUT2D eigenvalue weighted by atomic mass is 10.1. The predicted molar refractivity (Wildman–Crippen MR) is 114 cm³/mol. The maximum atomic E-state index is 12.3. The molecule has 0 aliphatic heterocycles. The van der Waals surface area contributed by atoms with Crippen LogP contribution in [0.15, 0.2) is 60.7 Å². The molecule has 0 radical (unpaired) electrons. The SMILES string of the molecule is CC(NC(=O)OCc1ccccc1)C(=O)N[C@@H](CCC(=O)OCc1ccccc1)C(=O)O. The minimum atomic E-state index is -1.31. The minimum Gasteiger partial charge on any atom is -0.480 e.